The maximum atomic E-state index is 2.45. The number of hydrogen-bond donors (Lipinski definition) is 0. The molecule has 0 unspecified atom stereocenters. The van der Waals surface area contributed by atoms with Crippen LogP contribution in [0.2, 0.25) is 0 Å². The predicted molar refractivity (Wildman–Crippen MR) is 175 cm³/mol. The molecule has 41 heavy (non-hydrogen) atoms. The molecule has 0 radical (unpaired) electrons. The molecule has 1 aromatic heterocycles. The summed E-state index contributed by atoms with van der Waals surface area (Å²) in [7, 11) is 0. The normalized spacial score (nSPS) is 11.4. The highest BCUT2D eigenvalue weighted by Gasteiger charge is 2.19. The molecule has 0 spiro atoms. The van der Waals surface area contributed by atoms with Gasteiger partial charge in [0.1, 0.15) is 0 Å². The first-order valence-corrected chi connectivity index (χ1v) is 14.1. The fourth-order valence-electron chi connectivity index (χ4n) is 6.24. The number of hydrogen-bond acceptors (Lipinski definition) is 0. The molecule has 0 atom stereocenters. The minimum absolute atomic E-state index is 1.16. The third-order valence-electron chi connectivity index (χ3n) is 8.19. The Bertz CT molecular complexity index is 2150. The van der Waals surface area contributed by atoms with Crippen molar-refractivity contribution in [3.63, 3.8) is 0 Å². The Hall–Kier alpha value is -5.40. The van der Waals surface area contributed by atoms with Gasteiger partial charge in [-0.1, -0.05) is 140 Å². The van der Waals surface area contributed by atoms with Gasteiger partial charge < -0.3 is 4.57 Å². The predicted octanol–water partition coefficient (Wildman–Crippen LogP) is 10.9. The Morgan fingerprint density at radius 1 is 0.341 bits per heavy atom. The van der Waals surface area contributed by atoms with Crippen molar-refractivity contribution in [1.29, 1.82) is 0 Å². The molecule has 1 heteroatoms. The van der Waals surface area contributed by atoms with Crippen molar-refractivity contribution in [1.82, 2.24) is 4.57 Å². The molecule has 7 aromatic carbocycles. The van der Waals surface area contributed by atoms with E-state index < -0.39 is 0 Å². The Balaban J connectivity index is 1.41. The van der Waals surface area contributed by atoms with Gasteiger partial charge in [0.25, 0.3) is 0 Å². The Morgan fingerprint density at radius 2 is 0.829 bits per heavy atom. The highest BCUT2D eigenvalue weighted by molar-refractivity contribution is 6.21. The lowest BCUT2D eigenvalue weighted by molar-refractivity contribution is 1.18. The first kappa shape index (κ1) is 23.5. The second kappa shape index (κ2) is 9.66. The summed E-state index contributed by atoms with van der Waals surface area (Å²) in [4.78, 5) is 0. The van der Waals surface area contributed by atoms with Crippen molar-refractivity contribution in [2.75, 3.05) is 0 Å². The van der Waals surface area contributed by atoms with Gasteiger partial charge in [-0.05, 0) is 62.9 Å². The van der Waals surface area contributed by atoms with E-state index in [9.17, 15) is 0 Å². The molecule has 8 rings (SSSR count). The summed E-state index contributed by atoms with van der Waals surface area (Å²) < 4.78 is 2.45. The molecular weight excluding hydrogens is 494 g/mol. The van der Waals surface area contributed by atoms with Gasteiger partial charge in [0.2, 0.25) is 0 Å². The van der Waals surface area contributed by atoms with E-state index in [1.54, 1.807) is 0 Å². The van der Waals surface area contributed by atoms with Gasteiger partial charge in [0.05, 0.1) is 11.0 Å². The van der Waals surface area contributed by atoms with Gasteiger partial charge in [-0.2, -0.15) is 0 Å². The summed E-state index contributed by atoms with van der Waals surface area (Å²) >= 11 is 0. The van der Waals surface area contributed by atoms with Crippen molar-refractivity contribution in [3.8, 4) is 39.1 Å². The molecule has 0 N–H and O–H groups in total. The van der Waals surface area contributed by atoms with Crippen molar-refractivity contribution < 1.29 is 0 Å². The lowest BCUT2D eigenvalue weighted by Crippen LogP contribution is -1.96. The van der Waals surface area contributed by atoms with E-state index in [2.05, 4.69) is 168 Å². The van der Waals surface area contributed by atoms with E-state index in [0.717, 1.165) is 5.69 Å². The second-order valence-electron chi connectivity index (χ2n) is 10.6. The number of aromatic nitrogens is 1. The molecular formula is C40H27N. The summed E-state index contributed by atoms with van der Waals surface area (Å²) in [6.45, 7) is 0. The molecule has 192 valence electrons. The van der Waals surface area contributed by atoms with Crippen molar-refractivity contribution in [3.05, 3.63) is 164 Å². The van der Waals surface area contributed by atoms with Gasteiger partial charge in [-0.15, -0.1) is 0 Å². The van der Waals surface area contributed by atoms with E-state index in [4.69, 9.17) is 0 Å². The molecule has 1 nitrogen and oxygen atoms in total. The molecule has 0 aliphatic carbocycles. The largest absolute Gasteiger partial charge is 0.309 e. The van der Waals surface area contributed by atoms with E-state index in [1.165, 1.54) is 66.0 Å². The molecule has 0 amide bonds. The summed E-state index contributed by atoms with van der Waals surface area (Å²) in [5.41, 5.74) is 11.0. The standard InChI is InChI=1S/C40H27N/c1-3-11-28(12-4-1)30-19-21-32(22-20-30)39-35-16-8-7-15-33(35)27-37-36-17-9-10-18-38(36)41(40(37)39)34-25-23-31(24-26-34)29-13-5-2-6-14-29/h1-27H. The molecule has 0 fully saturated rings. The van der Waals surface area contributed by atoms with Gasteiger partial charge in [0, 0.05) is 22.0 Å². The maximum Gasteiger partial charge on any atom is 0.0625 e. The summed E-state index contributed by atoms with van der Waals surface area (Å²) in [5, 5.41) is 5.05. The second-order valence-corrected chi connectivity index (χ2v) is 10.6. The Morgan fingerprint density at radius 3 is 1.49 bits per heavy atom. The summed E-state index contributed by atoms with van der Waals surface area (Å²) in [5.74, 6) is 0. The van der Waals surface area contributed by atoms with Gasteiger partial charge in [0.15, 0.2) is 0 Å². The minimum Gasteiger partial charge on any atom is -0.309 e. The van der Waals surface area contributed by atoms with E-state index in [1.807, 2.05) is 0 Å². The van der Waals surface area contributed by atoms with Crippen LogP contribution in [0.15, 0.2) is 164 Å². The average molecular weight is 522 g/mol. The molecule has 8 aromatic rings. The van der Waals surface area contributed by atoms with Crippen LogP contribution in [0.1, 0.15) is 0 Å². The average Bonchev–Trinajstić information content (AvgIpc) is 3.38. The lowest BCUT2D eigenvalue weighted by atomic mass is 9.93. The van der Waals surface area contributed by atoms with Crippen molar-refractivity contribution >= 4 is 32.6 Å². The van der Waals surface area contributed by atoms with E-state index in [0.29, 0.717) is 0 Å². The molecule has 0 saturated carbocycles. The van der Waals surface area contributed by atoms with Crippen LogP contribution < -0.4 is 0 Å². The quantitative estimate of drug-likeness (QED) is 0.217. The van der Waals surface area contributed by atoms with Crippen LogP contribution in [-0.2, 0) is 0 Å². The molecule has 0 aliphatic heterocycles. The zero-order valence-electron chi connectivity index (χ0n) is 22.5. The summed E-state index contributed by atoms with van der Waals surface area (Å²) in [6, 6.07) is 59.2. The van der Waals surface area contributed by atoms with Crippen LogP contribution in [0.3, 0.4) is 0 Å². The highest BCUT2D eigenvalue weighted by atomic mass is 15.0. The van der Waals surface area contributed by atoms with Crippen LogP contribution in [0.4, 0.5) is 0 Å². The van der Waals surface area contributed by atoms with Crippen LogP contribution in [0, 0.1) is 0 Å². The Labute approximate surface area is 239 Å². The first-order valence-electron chi connectivity index (χ1n) is 14.1. The SMILES string of the molecule is c1ccc(-c2ccc(-c3c4ccccc4cc4c5ccccc5n(-c5ccc(-c6ccccc6)cc5)c34)cc2)cc1. The highest BCUT2D eigenvalue weighted by Crippen LogP contribution is 2.43. The smallest absolute Gasteiger partial charge is 0.0625 e. The van der Waals surface area contributed by atoms with Crippen molar-refractivity contribution in [2.24, 2.45) is 0 Å². The fourth-order valence-corrected chi connectivity index (χ4v) is 6.24. The molecule has 0 saturated heterocycles. The number of nitrogens with zero attached hydrogens (tertiary/aromatic N) is 1. The van der Waals surface area contributed by atoms with Gasteiger partial charge >= 0.3 is 0 Å². The van der Waals surface area contributed by atoms with E-state index >= 15 is 0 Å². The van der Waals surface area contributed by atoms with Crippen LogP contribution in [0.25, 0.3) is 71.6 Å². The molecule has 0 aliphatic rings. The zero-order chi connectivity index (χ0) is 27.2. The van der Waals surface area contributed by atoms with E-state index in [-0.39, 0.29) is 0 Å². The lowest BCUT2D eigenvalue weighted by Gasteiger charge is -2.15. The third-order valence-corrected chi connectivity index (χ3v) is 8.19. The van der Waals surface area contributed by atoms with Crippen LogP contribution >= 0.6 is 0 Å². The third kappa shape index (κ3) is 3.94. The number of rotatable bonds is 4. The molecule has 1 heterocycles. The van der Waals surface area contributed by atoms with Crippen molar-refractivity contribution in [2.45, 2.75) is 0 Å². The first-order chi connectivity index (χ1) is 20.3. The summed E-state index contributed by atoms with van der Waals surface area (Å²) in [6.07, 6.45) is 0. The van der Waals surface area contributed by atoms with Gasteiger partial charge in [-0.25, -0.2) is 0 Å². The van der Waals surface area contributed by atoms with Crippen LogP contribution in [-0.4, -0.2) is 4.57 Å². The topological polar surface area (TPSA) is 4.93 Å². The number of fused-ring (bicyclic) bond motifs is 4. The zero-order valence-corrected chi connectivity index (χ0v) is 22.5. The monoisotopic (exact) mass is 521 g/mol. The Kier molecular flexibility index (Phi) is 5.53. The van der Waals surface area contributed by atoms with Gasteiger partial charge in [-0.3, -0.25) is 0 Å². The van der Waals surface area contributed by atoms with Crippen LogP contribution in [0.5, 0.6) is 0 Å². The fraction of sp³-hybridized carbons (Fsp3) is 0. The number of para-hydroxylation sites is 1. The number of benzene rings is 7. The molecule has 0 bridgehead atoms. The maximum absolute atomic E-state index is 2.45. The minimum atomic E-state index is 1.16.